The number of benzene rings is 7. The van der Waals surface area contributed by atoms with Crippen LogP contribution in [-0.4, -0.2) is 19.5 Å². The average Bonchev–Trinajstić information content (AvgIpc) is 3.74. The molecule has 5 heteroatoms. The Bertz CT molecular complexity index is 2920. The van der Waals surface area contributed by atoms with Gasteiger partial charge in [0.05, 0.1) is 16.6 Å². The van der Waals surface area contributed by atoms with Gasteiger partial charge in [-0.15, -0.1) is 0 Å². The topological polar surface area (TPSA) is 56.7 Å². The standard InChI is InChI=1S/C46H30N4O/c1-29-14-8-10-24-39(29)50-40-25-11-9-19-34(40)35-27-26-32(28-41(35)50)45-47-44(31-17-6-3-7-18-31)48-46(49-45)38-23-13-22-37-36-21-12-20-33(42(36)51-43(37)38)30-15-4-2-5-16-30/h2-28H,1H3. The van der Waals surface area contributed by atoms with Gasteiger partial charge in [0.2, 0.25) is 0 Å². The van der Waals surface area contributed by atoms with E-state index in [0.717, 1.165) is 66.5 Å². The first-order valence-corrected chi connectivity index (χ1v) is 17.1. The zero-order valence-corrected chi connectivity index (χ0v) is 27.8. The molecule has 10 rings (SSSR count). The lowest BCUT2D eigenvalue weighted by Crippen LogP contribution is -2.01. The second-order valence-electron chi connectivity index (χ2n) is 12.9. The van der Waals surface area contributed by atoms with Crippen molar-refractivity contribution >= 4 is 43.7 Å². The molecule has 5 nitrogen and oxygen atoms in total. The molecule has 0 saturated heterocycles. The summed E-state index contributed by atoms with van der Waals surface area (Å²) >= 11 is 0. The maximum atomic E-state index is 6.78. The molecule has 0 atom stereocenters. The van der Waals surface area contributed by atoms with Crippen molar-refractivity contribution in [1.82, 2.24) is 19.5 Å². The average molecular weight is 655 g/mol. The Morgan fingerprint density at radius 1 is 0.412 bits per heavy atom. The first kappa shape index (κ1) is 29.1. The number of rotatable bonds is 5. The molecule has 51 heavy (non-hydrogen) atoms. The summed E-state index contributed by atoms with van der Waals surface area (Å²) < 4.78 is 9.13. The third-order valence-electron chi connectivity index (χ3n) is 9.81. The van der Waals surface area contributed by atoms with Crippen LogP contribution in [0.3, 0.4) is 0 Å². The third kappa shape index (κ3) is 4.74. The molecule has 0 fully saturated rings. The van der Waals surface area contributed by atoms with Crippen LogP contribution in [0, 0.1) is 6.92 Å². The van der Waals surface area contributed by atoms with Gasteiger partial charge in [0.25, 0.3) is 0 Å². The number of para-hydroxylation sites is 4. The zero-order chi connectivity index (χ0) is 33.9. The number of fused-ring (bicyclic) bond motifs is 6. The number of aryl methyl sites for hydroxylation is 1. The van der Waals surface area contributed by atoms with Crippen LogP contribution in [0.15, 0.2) is 168 Å². The zero-order valence-electron chi connectivity index (χ0n) is 27.8. The number of hydrogen-bond donors (Lipinski definition) is 0. The molecule has 0 aliphatic rings. The molecule has 3 aromatic heterocycles. The highest BCUT2D eigenvalue weighted by atomic mass is 16.3. The van der Waals surface area contributed by atoms with E-state index in [4.69, 9.17) is 19.4 Å². The van der Waals surface area contributed by atoms with Gasteiger partial charge in [0.15, 0.2) is 17.5 Å². The van der Waals surface area contributed by atoms with E-state index in [2.05, 4.69) is 133 Å². The van der Waals surface area contributed by atoms with Crippen LogP contribution >= 0.6 is 0 Å². The molecule has 0 aliphatic carbocycles. The lowest BCUT2D eigenvalue weighted by Gasteiger charge is -2.12. The molecule has 240 valence electrons. The summed E-state index contributed by atoms with van der Waals surface area (Å²) in [5, 5.41) is 4.46. The second kappa shape index (κ2) is 11.6. The molecule has 0 radical (unpaired) electrons. The molecule has 0 amide bonds. The first-order chi connectivity index (χ1) is 25.2. The van der Waals surface area contributed by atoms with E-state index in [0.29, 0.717) is 17.5 Å². The van der Waals surface area contributed by atoms with Crippen molar-refractivity contribution in [3.05, 3.63) is 169 Å². The number of aromatic nitrogens is 4. The van der Waals surface area contributed by atoms with Crippen LogP contribution in [-0.2, 0) is 0 Å². The molecular formula is C46H30N4O. The van der Waals surface area contributed by atoms with Crippen LogP contribution in [0.25, 0.3) is 94.7 Å². The highest BCUT2D eigenvalue weighted by Crippen LogP contribution is 2.40. The van der Waals surface area contributed by atoms with Crippen molar-refractivity contribution in [2.24, 2.45) is 0 Å². The minimum absolute atomic E-state index is 0.560. The Labute approximate surface area is 294 Å². The van der Waals surface area contributed by atoms with Gasteiger partial charge < -0.3 is 8.98 Å². The minimum Gasteiger partial charge on any atom is -0.455 e. The minimum atomic E-state index is 0.560. The van der Waals surface area contributed by atoms with Crippen LogP contribution in [0.4, 0.5) is 0 Å². The molecule has 7 aromatic carbocycles. The molecular weight excluding hydrogens is 625 g/mol. The van der Waals surface area contributed by atoms with Gasteiger partial charge in [-0.25, -0.2) is 15.0 Å². The van der Waals surface area contributed by atoms with Crippen molar-refractivity contribution in [2.45, 2.75) is 6.92 Å². The fourth-order valence-electron chi connectivity index (χ4n) is 7.37. The maximum Gasteiger partial charge on any atom is 0.167 e. The van der Waals surface area contributed by atoms with Crippen LogP contribution in [0.2, 0.25) is 0 Å². The number of hydrogen-bond acceptors (Lipinski definition) is 4. The third-order valence-corrected chi connectivity index (χ3v) is 9.81. The van der Waals surface area contributed by atoms with E-state index in [1.807, 2.05) is 42.5 Å². The molecule has 0 spiro atoms. The Morgan fingerprint density at radius 3 is 1.75 bits per heavy atom. The van der Waals surface area contributed by atoms with Crippen molar-refractivity contribution in [1.29, 1.82) is 0 Å². The highest BCUT2D eigenvalue weighted by molar-refractivity contribution is 6.13. The SMILES string of the molecule is Cc1ccccc1-n1c2ccccc2c2ccc(-c3nc(-c4ccccc4)nc(-c4cccc5c4oc4c(-c6ccccc6)cccc45)n3)cc21. The fourth-order valence-corrected chi connectivity index (χ4v) is 7.37. The molecule has 3 heterocycles. The van der Waals surface area contributed by atoms with Gasteiger partial charge >= 0.3 is 0 Å². The lowest BCUT2D eigenvalue weighted by molar-refractivity contribution is 0.670. The number of furan rings is 1. The highest BCUT2D eigenvalue weighted by Gasteiger charge is 2.20. The fraction of sp³-hybridized carbons (Fsp3) is 0.0217. The first-order valence-electron chi connectivity index (χ1n) is 17.1. The summed E-state index contributed by atoms with van der Waals surface area (Å²) in [4.78, 5) is 15.4. The second-order valence-corrected chi connectivity index (χ2v) is 12.9. The predicted molar refractivity (Wildman–Crippen MR) is 208 cm³/mol. The van der Waals surface area contributed by atoms with Gasteiger partial charge in [-0.1, -0.05) is 140 Å². The number of nitrogens with zero attached hydrogens (tertiary/aromatic N) is 4. The molecule has 0 saturated carbocycles. The van der Waals surface area contributed by atoms with Gasteiger partial charge in [-0.2, -0.15) is 0 Å². The summed E-state index contributed by atoms with van der Waals surface area (Å²) in [5.41, 5.74) is 11.0. The Morgan fingerprint density at radius 2 is 0.980 bits per heavy atom. The summed E-state index contributed by atoms with van der Waals surface area (Å²) in [6.07, 6.45) is 0. The van der Waals surface area contributed by atoms with Gasteiger partial charge in [-0.3, -0.25) is 0 Å². The Kier molecular flexibility index (Phi) is 6.64. The Hall–Kier alpha value is -6.85. The molecule has 0 N–H and O–H groups in total. The van der Waals surface area contributed by atoms with Crippen molar-refractivity contribution in [2.75, 3.05) is 0 Å². The van der Waals surface area contributed by atoms with E-state index < -0.39 is 0 Å². The molecule has 10 aromatic rings. The molecule has 0 bridgehead atoms. The monoisotopic (exact) mass is 654 g/mol. The van der Waals surface area contributed by atoms with Crippen molar-refractivity contribution < 1.29 is 4.42 Å². The quantitative estimate of drug-likeness (QED) is 0.185. The van der Waals surface area contributed by atoms with E-state index in [1.165, 1.54) is 16.3 Å². The smallest absolute Gasteiger partial charge is 0.167 e. The summed E-state index contributed by atoms with van der Waals surface area (Å²) in [5.74, 6) is 1.76. The van der Waals surface area contributed by atoms with Crippen LogP contribution in [0.1, 0.15) is 5.56 Å². The van der Waals surface area contributed by atoms with Gasteiger partial charge in [-0.05, 0) is 42.3 Å². The van der Waals surface area contributed by atoms with Crippen molar-refractivity contribution in [3.8, 4) is 51.0 Å². The van der Waals surface area contributed by atoms with Crippen LogP contribution < -0.4 is 0 Å². The largest absolute Gasteiger partial charge is 0.455 e. The predicted octanol–water partition coefficient (Wildman–Crippen LogP) is 11.8. The normalized spacial score (nSPS) is 11.6. The van der Waals surface area contributed by atoms with Crippen molar-refractivity contribution in [3.63, 3.8) is 0 Å². The maximum absolute atomic E-state index is 6.78. The molecule has 0 unspecified atom stereocenters. The van der Waals surface area contributed by atoms with E-state index in [1.54, 1.807) is 0 Å². The lowest BCUT2D eigenvalue weighted by atomic mass is 10.0. The van der Waals surface area contributed by atoms with Crippen LogP contribution in [0.5, 0.6) is 0 Å². The van der Waals surface area contributed by atoms with Gasteiger partial charge in [0.1, 0.15) is 11.2 Å². The summed E-state index contributed by atoms with van der Waals surface area (Å²) in [6.45, 7) is 2.16. The Balaban J connectivity index is 1.22. The van der Waals surface area contributed by atoms with E-state index in [9.17, 15) is 0 Å². The summed E-state index contributed by atoms with van der Waals surface area (Å²) in [6, 6.07) is 56.6. The van der Waals surface area contributed by atoms with E-state index >= 15 is 0 Å². The van der Waals surface area contributed by atoms with Gasteiger partial charge in [0, 0.05) is 43.9 Å². The summed E-state index contributed by atoms with van der Waals surface area (Å²) in [7, 11) is 0. The van der Waals surface area contributed by atoms with E-state index in [-0.39, 0.29) is 0 Å². The molecule has 0 aliphatic heterocycles.